The van der Waals surface area contributed by atoms with E-state index in [1.165, 1.54) is 70.2 Å². The number of aromatic nitrogens is 2. The molecule has 0 aliphatic carbocycles. The van der Waals surface area contributed by atoms with Crippen molar-refractivity contribution in [2.24, 2.45) is 0 Å². The van der Waals surface area contributed by atoms with Gasteiger partial charge in [0.1, 0.15) is 5.82 Å². The molecule has 1 unspecified atom stereocenters. The summed E-state index contributed by atoms with van der Waals surface area (Å²) in [7, 11) is 0. The Kier molecular flexibility index (Phi) is 9.26. The van der Waals surface area contributed by atoms with Gasteiger partial charge in [-0.1, -0.05) is 78.6 Å². The van der Waals surface area contributed by atoms with Crippen LogP contribution in [0, 0.1) is 5.82 Å². The van der Waals surface area contributed by atoms with Crippen LogP contribution in [0.2, 0.25) is 0 Å². The molecule has 1 atom stereocenters. The fraction of sp³-hybridized carbons (Fsp3) is 0.789. The predicted octanol–water partition coefficient (Wildman–Crippen LogP) is 6.20. The van der Waals surface area contributed by atoms with Crippen LogP contribution in [0.5, 0.6) is 0 Å². The summed E-state index contributed by atoms with van der Waals surface area (Å²) >= 11 is 0. The highest BCUT2D eigenvalue weighted by Crippen LogP contribution is 2.33. The molecule has 0 saturated carbocycles. The van der Waals surface area contributed by atoms with Gasteiger partial charge in [-0.2, -0.15) is 0 Å². The lowest BCUT2D eigenvalue weighted by atomic mass is 9.79. The zero-order valence-corrected chi connectivity index (χ0v) is 14.7. The van der Waals surface area contributed by atoms with Gasteiger partial charge in [0.15, 0.2) is 5.82 Å². The maximum Gasteiger partial charge on any atom is 0.159 e. The van der Waals surface area contributed by atoms with E-state index in [4.69, 9.17) is 0 Å². The first-order valence-corrected chi connectivity index (χ1v) is 9.10. The number of hydrogen-bond donors (Lipinski definition) is 0. The first-order valence-electron chi connectivity index (χ1n) is 9.10. The van der Waals surface area contributed by atoms with Gasteiger partial charge in [-0.25, -0.2) is 14.4 Å². The molecule has 1 aromatic heterocycles. The molecule has 0 N–H and O–H groups in total. The average Bonchev–Trinajstić information content (AvgIpc) is 2.52. The van der Waals surface area contributed by atoms with Crippen LogP contribution in [0.1, 0.15) is 97.2 Å². The molecule has 0 radical (unpaired) electrons. The summed E-state index contributed by atoms with van der Waals surface area (Å²) in [5.74, 6) is 0.473. The quantitative estimate of drug-likeness (QED) is 0.429. The van der Waals surface area contributed by atoms with E-state index in [0.29, 0.717) is 0 Å². The first kappa shape index (κ1) is 19.1. The fourth-order valence-electron chi connectivity index (χ4n) is 3.03. The number of hydrogen-bond acceptors (Lipinski definition) is 2. The second-order valence-corrected chi connectivity index (χ2v) is 6.76. The van der Waals surface area contributed by atoms with E-state index < -0.39 is 0 Å². The minimum atomic E-state index is -0.347. The van der Waals surface area contributed by atoms with E-state index in [9.17, 15) is 4.39 Å². The number of unbranched alkanes of at least 4 members (excludes halogenated alkanes) is 7. The number of rotatable bonds is 12. The normalized spacial score (nSPS) is 14.0. The molecule has 1 aromatic rings. The Morgan fingerprint density at radius 1 is 0.818 bits per heavy atom. The molecule has 3 heteroatoms. The Balaban J connectivity index is 2.60. The van der Waals surface area contributed by atoms with Crippen molar-refractivity contribution in [3.05, 3.63) is 24.0 Å². The predicted molar refractivity (Wildman–Crippen MR) is 91.5 cm³/mol. The highest BCUT2D eigenvalue weighted by atomic mass is 19.1. The van der Waals surface area contributed by atoms with Crippen molar-refractivity contribution in [2.75, 3.05) is 0 Å². The van der Waals surface area contributed by atoms with E-state index in [1.54, 1.807) is 0 Å². The van der Waals surface area contributed by atoms with Crippen LogP contribution in [0.15, 0.2) is 12.4 Å². The summed E-state index contributed by atoms with van der Waals surface area (Å²) in [6.07, 6.45) is 16.2. The van der Waals surface area contributed by atoms with Crippen molar-refractivity contribution in [1.82, 2.24) is 9.97 Å². The van der Waals surface area contributed by atoms with Gasteiger partial charge in [0.05, 0.1) is 12.4 Å². The molecule has 0 spiro atoms. The van der Waals surface area contributed by atoms with Gasteiger partial charge < -0.3 is 0 Å². The molecule has 0 bridgehead atoms. The minimum absolute atomic E-state index is 0.00629. The van der Waals surface area contributed by atoms with Gasteiger partial charge >= 0.3 is 0 Å². The summed E-state index contributed by atoms with van der Waals surface area (Å²) in [6.45, 7) is 6.73. The van der Waals surface area contributed by atoms with Crippen molar-refractivity contribution in [3.63, 3.8) is 0 Å². The van der Waals surface area contributed by atoms with Gasteiger partial charge in [-0.05, 0) is 12.8 Å². The van der Waals surface area contributed by atoms with E-state index in [2.05, 4.69) is 30.7 Å². The Labute approximate surface area is 136 Å². The lowest BCUT2D eigenvalue weighted by Crippen LogP contribution is -2.25. The van der Waals surface area contributed by atoms with E-state index >= 15 is 0 Å². The zero-order valence-electron chi connectivity index (χ0n) is 14.7. The second-order valence-electron chi connectivity index (χ2n) is 6.76. The molecule has 2 nitrogen and oxygen atoms in total. The molecular weight excluding hydrogens is 275 g/mol. The van der Waals surface area contributed by atoms with Gasteiger partial charge in [0, 0.05) is 5.41 Å². The molecule has 0 amide bonds. The van der Waals surface area contributed by atoms with Crippen molar-refractivity contribution in [3.8, 4) is 0 Å². The topological polar surface area (TPSA) is 25.8 Å². The number of halogens is 1. The molecule has 0 fully saturated rings. The lowest BCUT2D eigenvalue weighted by molar-refractivity contribution is 0.343. The third-order valence-electron chi connectivity index (χ3n) is 4.57. The fourth-order valence-corrected chi connectivity index (χ4v) is 3.03. The molecule has 1 rings (SSSR count). The van der Waals surface area contributed by atoms with Gasteiger partial charge in [-0.3, -0.25) is 0 Å². The third kappa shape index (κ3) is 6.85. The van der Waals surface area contributed by atoms with E-state index in [0.717, 1.165) is 18.7 Å². The van der Waals surface area contributed by atoms with Crippen LogP contribution in [0.3, 0.4) is 0 Å². The molecule has 126 valence electrons. The van der Waals surface area contributed by atoms with Gasteiger partial charge in [0.25, 0.3) is 0 Å². The van der Waals surface area contributed by atoms with E-state index in [-0.39, 0.29) is 11.2 Å². The Morgan fingerprint density at radius 2 is 1.27 bits per heavy atom. The highest BCUT2D eigenvalue weighted by Gasteiger charge is 2.28. The minimum Gasteiger partial charge on any atom is -0.238 e. The smallest absolute Gasteiger partial charge is 0.159 e. The van der Waals surface area contributed by atoms with E-state index in [1.807, 2.05) is 0 Å². The SMILES string of the molecule is CCCCCCCC(C)(CCCCCC)c1ncc(F)cn1. The molecule has 22 heavy (non-hydrogen) atoms. The van der Waals surface area contributed by atoms with Gasteiger partial charge in [-0.15, -0.1) is 0 Å². The van der Waals surface area contributed by atoms with Crippen LogP contribution in [-0.4, -0.2) is 9.97 Å². The highest BCUT2D eigenvalue weighted by molar-refractivity contribution is 5.06. The van der Waals surface area contributed by atoms with Crippen LogP contribution in [0.25, 0.3) is 0 Å². The maximum atomic E-state index is 13.1. The zero-order chi connectivity index (χ0) is 16.3. The van der Waals surface area contributed by atoms with Crippen LogP contribution in [0.4, 0.5) is 4.39 Å². The molecule has 0 saturated heterocycles. The van der Waals surface area contributed by atoms with Crippen LogP contribution >= 0.6 is 0 Å². The van der Waals surface area contributed by atoms with Crippen LogP contribution in [-0.2, 0) is 5.41 Å². The molecule has 0 aliphatic rings. The maximum absolute atomic E-state index is 13.1. The van der Waals surface area contributed by atoms with Gasteiger partial charge in [0.2, 0.25) is 0 Å². The summed E-state index contributed by atoms with van der Waals surface area (Å²) in [4.78, 5) is 8.56. The molecule has 0 aromatic carbocycles. The first-order chi connectivity index (χ1) is 10.6. The lowest BCUT2D eigenvalue weighted by Gasteiger charge is -2.28. The van der Waals surface area contributed by atoms with Crippen molar-refractivity contribution >= 4 is 0 Å². The number of nitrogens with zero attached hydrogens (tertiary/aromatic N) is 2. The monoisotopic (exact) mass is 308 g/mol. The molecular formula is C19H33FN2. The summed E-state index contributed by atoms with van der Waals surface area (Å²) in [5.41, 5.74) is -0.00629. The summed E-state index contributed by atoms with van der Waals surface area (Å²) in [5, 5.41) is 0. The largest absolute Gasteiger partial charge is 0.238 e. The van der Waals surface area contributed by atoms with Crippen molar-refractivity contribution in [1.29, 1.82) is 0 Å². The standard InChI is InChI=1S/C19H33FN2/c1-4-6-8-10-12-14-19(3,13-11-9-7-5-2)18-21-15-17(20)16-22-18/h15-16H,4-14H2,1-3H3. The molecule has 0 aliphatic heterocycles. The summed E-state index contributed by atoms with van der Waals surface area (Å²) < 4.78 is 13.1. The Morgan fingerprint density at radius 3 is 1.77 bits per heavy atom. The third-order valence-corrected chi connectivity index (χ3v) is 4.57. The van der Waals surface area contributed by atoms with Crippen molar-refractivity contribution < 1.29 is 4.39 Å². The average molecular weight is 308 g/mol. The second kappa shape index (κ2) is 10.7. The van der Waals surface area contributed by atoms with Crippen LogP contribution < -0.4 is 0 Å². The summed E-state index contributed by atoms with van der Waals surface area (Å²) in [6, 6.07) is 0. The van der Waals surface area contributed by atoms with Crippen molar-refractivity contribution in [2.45, 2.75) is 96.8 Å². The Hall–Kier alpha value is -0.990. The Bertz CT molecular complexity index is 391. The molecule has 1 heterocycles.